The normalized spacial score (nSPS) is 24.2. The van der Waals surface area contributed by atoms with Crippen molar-refractivity contribution in [2.24, 2.45) is 11.1 Å². The molecule has 1 saturated heterocycles. The Balaban J connectivity index is 2.55. The quantitative estimate of drug-likeness (QED) is 0.684. The summed E-state index contributed by atoms with van der Waals surface area (Å²) in [5.74, 6) is 0.0466. The maximum Gasteiger partial charge on any atom is 0.248 e. The van der Waals surface area contributed by atoms with E-state index in [9.17, 15) is 4.79 Å². The van der Waals surface area contributed by atoms with Crippen LogP contribution in [0.2, 0.25) is 0 Å². The zero-order valence-electron chi connectivity index (χ0n) is 8.54. The Morgan fingerprint density at radius 2 is 2.23 bits per heavy atom. The molecule has 1 atom stereocenters. The molecule has 0 bridgehead atoms. The molecule has 2 N–H and O–H groups in total. The van der Waals surface area contributed by atoms with Gasteiger partial charge in [-0.05, 0) is 5.41 Å². The van der Waals surface area contributed by atoms with Gasteiger partial charge in [0.05, 0.1) is 19.1 Å². The number of carbonyl (C=O) groups is 1. The Morgan fingerprint density at radius 1 is 1.62 bits per heavy atom. The Hall–Kier alpha value is -0.610. The molecule has 4 nitrogen and oxygen atoms in total. The number of amides is 1. The second kappa shape index (κ2) is 3.64. The average Bonchev–Trinajstić information content (AvgIpc) is 2.32. The Morgan fingerprint density at radius 3 is 2.62 bits per heavy atom. The average molecular weight is 186 g/mol. The lowest BCUT2D eigenvalue weighted by Crippen LogP contribution is -2.31. The Bertz CT molecular complexity index is 198. The molecular weight excluding hydrogens is 168 g/mol. The molecule has 0 aliphatic carbocycles. The van der Waals surface area contributed by atoms with Crippen LogP contribution in [0.15, 0.2) is 0 Å². The molecule has 0 saturated carbocycles. The summed E-state index contributed by atoms with van der Waals surface area (Å²) in [5.41, 5.74) is 5.36. The summed E-state index contributed by atoms with van der Waals surface area (Å²) in [6.07, 6.45) is 0.468. The molecule has 1 aliphatic rings. The minimum atomic E-state index is -0.00782. The highest BCUT2D eigenvalue weighted by molar-refractivity contribution is 5.77. The fraction of sp³-hybridized carbons (Fsp3) is 0.889. The van der Waals surface area contributed by atoms with Gasteiger partial charge in [0.1, 0.15) is 0 Å². The summed E-state index contributed by atoms with van der Waals surface area (Å²) in [7, 11) is 0. The van der Waals surface area contributed by atoms with Crippen LogP contribution in [-0.2, 0) is 9.63 Å². The molecule has 0 aromatic rings. The summed E-state index contributed by atoms with van der Waals surface area (Å²) in [6, 6.07) is 0. The molecule has 4 heteroatoms. The molecule has 0 radical (unpaired) electrons. The Labute approximate surface area is 79.0 Å². The van der Waals surface area contributed by atoms with Crippen molar-refractivity contribution < 1.29 is 9.63 Å². The third-order valence-electron chi connectivity index (χ3n) is 2.19. The number of rotatable bonds is 2. The number of carbonyl (C=O) groups excluding carboxylic acids is 1. The third-order valence-corrected chi connectivity index (χ3v) is 2.19. The van der Waals surface area contributed by atoms with Gasteiger partial charge < -0.3 is 5.73 Å². The van der Waals surface area contributed by atoms with Gasteiger partial charge in [-0.25, -0.2) is 5.06 Å². The van der Waals surface area contributed by atoms with Crippen LogP contribution in [0, 0.1) is 5.41 Å². The monoisotopic (exact) mass is 186 g/mol. The molecule has 0 spiro atoms. The van der Waals surface area contributed by atoms with E-state index in [0.717, 1.165) is 0 Å². The number of hydrogen-bond acceptors (Lipinski definition) is 3. The smallest absolute Gasteiger partial charge is 0.248 e. The summed E-state index contributed by atoms with van der Waals surface area (Å²) < 4.78 is 0. The second-order valence-electron chi connectivity index (χ2n) is 4.45. The first-order valence-electron chi connectivity index (χ1n) is 4.62. The van der Waals surface area contributed by atoms with E-state index in [2.05, 4.69) is 20.8 Å². The molecule has 1 heterocycles. The van der Waals surface area contributed by atoms with E-state index < -0.39 is 0 Å². The SMILES string of the molecule is CC(C)(C)C1CC(=O)N(CCN)O1. The molecule has 0 aromatic carbocycles. The molecule has 1 aliphatic heterocycles. The first-order valence-corrected chi connectivity index (χ1v) is 4.62. The van der Waals surface area contributed by atoms with Crippen LogP contribution in [-0.4, -0.2) is 30.2 Å². The van der Waals surface area contributed by atoms with Gasteiger partial charge >= 0.3 is 0 Å². The van der Waals surface area contributed by atoms with Gasteiger partial charge in [-0.2, -0.15) is 0 Å². The van der Waals surface area contributed by atoms with E-state index in [0.29, 0.717) is 19.5 Å². The van der Waals surface area contributed by atoms with Gasteiger partial charge in [-0.15, -0.1) is 0 Å². The van der Waals surface area contributed by atoms with Crippen LogP contribution < -0.4 is 5.73 Å². The summed E-state index contributed by atoms with van der Waals surface area (Å²) in [4.78, 5) is 16.8. The van der Waals surface area contributed by atoms with Crippen LogP contribution in [0.4, 0.5) is 0 Å². The molecule has 1 fully saturated rings. The lowest BCUT2D eigenvalue weighted by atomic mass is 9.87. The Kier molecular flexibility index (Phi) is 2.93. The minimum absolute atomic E-state index is 0.00782. The van der Waals surface area contributed by atoms with Crippen molar-refractivity contribution >= 4 is 5.91 Å². The molecule has 1 rings (SSSR count). The number of hydrogen-bond donors (Lipinski definition) is 1. The van der Waals surface area contributed by atoms with E-state index in [-0.39, 0.29) is 17.4 Å². The van der Waals surface area contributed by atoms with Crippen LogP contribution >= 0.6 is 0 Å². The van der Waals surface area contributed by atoms with E-state index in [1.54, 1.807) is 0 Å². The van der Waals surface area contributed by atoms with Crippen molar-refractivity contribution in [1.29, 1.82) is 0 Å². The molecule has 1 unspecified atom stereocenters. The van der Waals surface area contributed by atoms with Crippen molar-refractivity contribution in [1.82, 2.24) is 5.06 Å². The zero-order chi connectivity index (χ0) is 10.1. The highest BCUT2D eigenvalue weighted by atomic mass is 16.7. The van der Waals surface area contributed by atoms with Gasteiger partial charge in [-0.1, -0.05) is 20.8 Å². The van der Waals surface area contributed by atoms with Gasteiger partial charge in [0.25, 0.3) is 0 Å². The van der Waals surface area contributed by atoms with Crippen LogP contribution in [0.25, 0.3) is 0 Å². The molecule has 76 valence electrons. The lowest BCUT2D eigenvalue weighted by Gasteiger charge is -2.25. The van der Waals surface area contributed by atoms with Crippen LogP contribution in [0.3, 0.4) is 0 Å². The third kappa shape index (κ3) is 2.42. The van der Waals surface area contributed by atoms with Crippen molar-refractivity contribution in [2.75, 3.05) is 13.1 Å². The fourth-order valence-corrected chi connectivity index (χ4v) is 1.27. The van der Waals surface area contributed by atoms with Crippen molar-refractivity contribution in [3.63, 3.8) is 0 Å². The van der Waals surface area contributed by atoms with Crippen molar-refractivity contribution in [3.05, 3.63) is 0 Å². The van der Waals surface area contributed by atoms with Crippen LogP contribution in [0.1, 0.15) is 27.2 Å². The summed E-state index contributed by atoms with van der Waals surface area (Å²) >= 11 is 0. The highest BCUT2D eigenvalue weighted by Crippen LogP contribution is 2.30. The molecular formula is C9H18N2O2. The van der Waals surface area contributed by atoms with Gasteiger partial charge in [-0.3, -0.25) is 9.63 Å². The highest BCUT2D eigenvalue weighted by Gasteiger charge is 2.37. The summed E-state index contributed by atoms with van der Waals surface area (Å²) in [5, 5.41) is 1.38. The van der Waals surface area contributed by atoms with Gasteiger partial charge in [0.2, 0.25) is 5.91 Å². The first kappa shape index (κ1) is 10.5. The van der Waals surface area contributed by atoms with E-state index in [4.69, 9.17) is 10.6 Å². The number of hydroxylamine groups is 2. The maximum atomic E-state index is 11.4. The lowest BCUT2D eigenvalue weighted by molar-refractivity contribution is -0.183. The van der Waals surface area contributed by atoms with E-state index in [1.807, 2.05) is 0 Å². The van der Waals surface area contributed by atoms with Gasteiger partial charge in [0.15, 0.2) is 0 Å². The number of nitrogens with zero attached hydrogens (tertiary/aromatic N) is 1. The predicted octanol–water partition coefficient (Wildman–Crippen LogP) is 0.524. The van der Waals surface area contributed by atoms with E-state index in [1.165, 1.54) is 5.06 Å². The van der Waals surface area contributed by atoms with E-state index >= 15 is 0 Å². The minimum Gasteiger partial charge on any atom is -0.329 e. The topological polar surface area (TPSA) is 55.6 Å². The summed E-state index contributed by atoms with van der Waals surface area (Å²) in [6.45, 7) is 7.14. The molecule has 0 aromatic heterocycles. The van der Waals surface area contributed by atoms with Crippen LogP contribution in [0.5, 0.6) is 0 Å². The second-order valence-corrected chi connectivity index (χ2v) is 4.45. The predicted molar refractivity (Wildman–Crippen MR) is 49.7 cm³/mol. The molecule has 1 amide bonds. The largest absolute Gasteiger partial charge is 0.329 e. The first-order chi connectivity index (χ1) is 5.95. The maximum absolute atomic E-state index is 11.4. The van der Waals surface area contributed by atoms with Gasteiger partial charge in [0, 0.05) is 6.54 Å². The number of nitrogens with two attached hydrogens (primary N) is 1. The van der Waals surface area contributed by atoms with Crippen molar-refractivity contribution in [2.45, 2.75) is 33.3 Å². The standard InChI is InChI=1S/C9H18N2O2/c1-9(2,3)7-6-8(12)11(13-7)5-4-10/h7H,4-6,10H2,1-3H3. The fourth-order valence-electron chi connectivity index (χ4n) is 1.27. The van der Waals surface area contributed by atoms with Crippen molar-refractivity contribution in [3.8, 4) is 0 Å². The molecule has 13 heavy (non-hydrogen) atoms. The zero-order valence-corrected chi connectivity index (χ0v) is 8.54.